The van der Waals surface area contributed by atoms with Gasteiger partial charge >= 0.3 is 0 Å². The summed E-state index contributed by atoms with van der Waals surface area (Å²) < 4.78 is 16.5. The molecule has 2 aromatic carbocycles. The van der Waals surface area contributed by atoms with Gasteiger partial charge in [0.1, 0.15) is 5.75 Å². The number of ether oxygens (including phenoxy) is 3. The van der Waals surface area contributed by atoms with Gasteiger partial charge in [0, 0.05) is 25.3 Å². The number of nitrogens with one attached hydrogen (secondary N) is 2. The minimum absolute atomic E-state index is 0. The number of halogens is 1. The van der Waals surface area contributed by atoms with Crippen molar-refractivity contribution in [2.45, 2.75) is 25.8 Å². The number of aliphatic imine (C=N–C) groups is 1. The van der Waals surface area contributed by atoms with E-state index in [1.54, 1.807) is 21.3 Å². The summed E-state index contributed by atoms with van der Waals surface area (Å²) >= 11 is 0. The van der Waals surface area contributed by atoms with Gasteiger partial charge in [-0.1, -0.05) is 12.1 Å². The molecule has 176 valence electrons. The maximum atomic E-state index is 5.69. The number of hydrogen-bond donors (Lipinski definition) is 2. The van der Waals surface area contributed by atoms with Gasteiger partial charge in [0.15, 0.2) is 17.5 Å². The van der Waals surface area contributed by atoms with Crippen LogP contribution >= 0.6 is 24.0 Å². The largest absolute Gasteiger partial charge is 0.497 e. The Balaban J connectivity index is 0.00000363. The van der Waals surface area contributed by atoms with Gasteiger partial charge in [-0.2, -0.15) is 0 Å². The summed E-state index contributed by atoms with van der Waals surface area (Å²) in [7, 11) is 5.13. The van der Waals surface area contributed by atoms with Crippen LogP contribution in [-0.4, -0.2) is 58.4 Å². The molecule has 0 spiro atoms. The highest BCUT2D eigenvalue weighted by Gasteiger charge is 2.24. The van der Waals surface area contributed by atoms with E-state index in [-0.39, 0.29) is 30.0 Å². The van der Waals surface area contributed by atoms with Gasteiger partial charge in [-0.25, -0.2) is 0 Å². The summed E-state index contributed by atoms with van der Waals surface area (Å²) in [5, 5.41) is 6.85. The van der Waals surface area contributed by atoms with E-state index >= 15 is 0 Å². The van der Waals surface area contributed by atoms with Crippen molar-refractivity contribution in [3.63, 3.8) is 0 Å². The highest BCUT2D eigenvalue weighted by atomic mass is 127. The first-order chi connectivity index (χ1) is 15.2. The first kappa shape index (κ1) is 26.1. The van der Waals surface area contributed by atoms with Crippen molar-refractivity contribution in [3.05, 3.63) is 48.0 Å². The average Bonchev–Trinajstić information content (AvgIpc) is 3.33. The molecule has 1 saturated heterocycles. The fourth-order valence-electron chi connectivity index (χ4n) is 3.89. The lowest BCUT2D eigenvalue weighted by atomic mass is 10.1. The molecule has 0 amide bonds. The zero-order valence-electron chi connectivity index (χ0n) is 19.4. The first-order valence-corrected chi connectivity index (χ1v) is 10.8. The predicted octanol–water partition coefficient (Wildman–Crippen LogP) is 4.54. The molecule has 1 unspecified atom stereocenters. The molecule has 0 bridgehead atoms. The van der Waals surface area contributed by atoms with Crippen LogP contribution in [-0.2, 0) is 0 Å². The van der Waals surface area contributed by atoms with Crippen molar-refractivity contribution in [1.82, 2.24) is 10.2 Å². The van der Waals surface area contributed by atoms with Crippen molar-refractivity contribution >= 4 is 35.6 Å². The Morgan fingerprint density at radius 3 is 2.50 bits per heavy atom. The third-order valence-corrected chi connectivity index (χ3v) is 5.47. The number of hydrogen-bond acceptors (Lipinski definition) is 5. The third-order valence-electron chi connectivity index (χ3n) is 5.47. The topological polar surface area (TPSA) is 67.3 Å². The lowest BCUT2D eigenvalue weighted by Gasteiger charge is -2.29. The summed E-state index contributed by atoms with van der Waals surface area (Å²) in [6, 6.07) is 14.3. The van der Waals surface area contributed by atoms with Crippen molar-refractivity contribution < 1.29 is 14.2 Å². The molecule has 1 aliphatic rings. The summed E-state index contributed by atoms with van der Waals surface area (Å²) in [6.07, 6.45) is 2.47. The maximum absolute atomic E-state index is 5.69. The highest BCUT2D eigenvalue weighted by Crippen LogP contribution is 2.30. The van der Waals surface area contributed by atoms with E-state index in [9.17, 15) is 0 Å². The van der Waals surface area contributed by atoms with Crippen molar-refractivity contribution in [1.29, 1.82) is 0 Å². The van der Waals surface area contributed by atoms with Crippen molar-refractivity contribution in [3.8, 4) is 17.2 Å². The summed E-state index contributed by atoms with van der Waals surface area (Å²) in [6.45, 7) is 5.47. The third kappa shape index (κ3) is 6.90. The number of nitrogens with zero attached hydrogens (tertiary/aromatic N) is 2. The van der Waals surface area contributed by atoms with Gasteiger partial charge in [0.2, 0.25) is 0 Å². The Bertz CT molecular complexity index is 872. The quantitative estimate of drug-likeness (QED) is 0.270. The molecule has 8 heteroatoms. The molecule has 0 aliphatic carbocycles. The normalized spacial score (nSPS) is 14.9. The molecule has 1 heterocycles. The fourth-order valence-corrected chi connectivity index (χ4v) is 3.89. The van der Waals surface area contributed by atoms with E-state index in [2.05, 4.69) is 38.7 Å². The van der Waals surface area contributed by atoms with Crippen LogP contribution in [0.4, 0.5) is 5.69 Å². The van der Waals surface area contributed by atoms with Crippen LogP contribution in [0.2, 0.25) is 0 Å². The molecular weight excluding hydrogens is 519 g/mol. The molecule has 0 saturated carbocycles. The molecule has 0 aromatic heterocycles. The molecule has 2 N–H and O–H groups in total. The monoisotopic (exact) mass is 554 g/mol. The smallest absolute Gasteiger partial charge is 0.195 e. The summed E-state index contributed by atoms with van der Waals surface area (Å²) in [5.74, 6) is 3.00. The van der Waals surface area contributed by atoms with Crippen LogP contribution in [0.5, 0.6) is 17.2 Å². The van der Waals surface area contributed by atoms with Crippen LogP contribution in [0.25, 0.3) is 0 Å². The number of anilines is 1. The van der Waals surface area contributed by atoms with E-state index in [4.69, 9.17) is 14.2 Å². The predicted molar refractivity (Wildman–Crippen MR) is 141 cm³/mol. The fraction of sp³-hybridized carbons (Fsp3) is 0.458. The molecule has 7 nitrogen and oxygen atoms in total. The molecule has 3 rings (SSSR count). The van der Waals surface area contributed by atoms with Gasteiger partial charge in [0.05, 0.1) is 26.9 Å². The van der Waals surface area contributed by atoms with Gasteiger partial charge in [0.25, 0.3) is 0 Å². The molecule has 2 aromatic rings. The summed E-state index contributed by atoms with van der Waals surface area (Å²) in [4.78, 5) is 6.93. The number of methoxy groups -OCH3 is 2. The van der Waals surface area contributed by atoms with Crippen LogP contribution < -0.4 is 24.8 Å². The summed E-state index contributed by atoms with van der Waals surface area (Å²) in [5.41, 5.74) is 2.13. The lowest BCUT2D eigenvalue weighted by Crippen LogP contribution is -2.39. The van der Waals surface area contributed by atoms with Crippen LogP contribution in [0.3, 0.4) is 0 Å². The van der Waals surface area contributed by atoms with Crippen LogP contribution in [0.1, 0.15) is 31.4 Å². The lowest BCUT2D eigenvalue weighted by molar-refractivity contribution is 0.245. The van der Waals surface area contributed by atoms with Crippen molar-refractivity contribution in [2.24, 2.45) is 4.99 Å². The van der Waals surface area contributed by atoms with Crippen LogP contribution in [0.15, 0.2) is 47.5 Å². The van der Waals surface area contributed by atoms with E-state index in [1.807, 2.05) is 31.2 Å². The van der Waals surface area contributed by atoms with Gasteiger partial charge in [-0.15, -0.1) is 24.0 Å². The van der Waals surface area contributed by atoms with E-state index < -0.39 is 0 Å². The van der Waals surface area contributed by atoms with Gasteiger partial charge in [-0.3, -0.25) is 9.89 Å². The standard InChI is InChI=1S/C24H34N4O3.HI/c1-5-31-23-16-19(11-12-22(23)30-4)27-24(25-2)26-17-21(28-13-6-7-14-28)18-9-8-10-20(15-18)29-3;/h8-12,15-16,21H,5-7,13-14,17H2,1-4H3,(H2,25,26,27);1H. The second-order valence-corrected chi connectivity index (χ2v) is 7.41. The molecule has 32 heavy (non-hydrogen) atoms. The molecule has 1 fully saturated rings. The van der Waals surface area contributed by atoms with E-state index in [0.717, 1.165) is 31.1 Å². The minimum Gasteiger partial charge on any atom is -0.497 e. The Morgan fingerprint density at radius 1 is 1.06 bits per heavy atom. The number of benzene rings is 2. The Hall–Kier alpha value is -2.20. The van der Waals surface area contributed by atoms with Gasteiger partial charge in [-0.05, 0) is 62.7 Å². The molecule has 1 atom stereocenters. The Labute approximate surface area is 208 Å². The number of likely N-dealkylation sites (tertiary alicyclic amines) is 1. The molecule has 1 aliphatic heterocycles. The highest BCUT2D eigenvalue weighted by molar-refractivity contribution is 14.0. The molecular formula is C24H35IN4O3. The number of guanidine groups is 1. The zero-order chi connectivity index (χ0) is 22.1. The first-order valence-electron chi connectivity index (χ1n) is 10.8. The Morgan fingerprint density at radius 2 is 1.84 bits per heavy atom. The molecule has 0 radical (unpaired) electrons. The minimum atomic E-state index is 0. The SMILES string of the molecule is CCOc1cc(NC(=NC)NCC(c2cccc(OC)c2)N2CCCC2)ccc1OC.I. The zero-order valence-corrected chi connectivity index (χ0v) is 21.7. The Kier molecular flexibility index (Phi) is 10.9. The van der Waals surface area contributed by atoms with E-state index in [1.165, 1.54) is 18.4 Å². The second kappa shape index (κ2) is 13.4. The van der Waals surface area contributed by atoms with E-state index in [0.29, 0.717) is 24.1 Å². The average molecular weight is 554 g/mol. The van der Waals surface area contributed by atoms with Crippen LogP contribution in [0, 0.1) is 0 Å². The second-order valence-electron chi connectivity index (χ2n) is 7.41. The number of rotatable bonds is 9. The maximum Gasteiger partial charge on any atom is 0.195 e. The van der Waals surface area contributed by atoms with Gasteiger partial charge < -0.3 is 24.8 Å². The van der Waals surface area contributed by atoms with Crippen molar-refractivity contribution in [2.75, 3.05) is 52.8 Å².